The van der Waals surface area contributed by atoms with Gasteiger partial charge in [0.2, 0.25) is 0 Å². The molecule has 0 spiro atoms. The van der Waals surface area contributed by atoms with Gasteiger partial charge in [-0.15, -0.1) is 0 Å². The molecule has 1 aliphatic carbocycles. The first-order valence-corrected chi connectivity index (χ1v) is 9.41. The molecule has 0 atom stereocenters. The molecule has 27 heavy (non-hydrogen) atoms. The van der Waals surface area contributed by atoms with Crippen molar-refractivity contribution >= 4 is 10.1 Å². The Hall–Kier alpha value is -2.64. The standard InChI is InChI=1S/C13H10.C7H5F3O3S/c1-3-7-12-10(5-1)9-11-6-2-4-8-13(11)12;8-7(9,10)5-1-3-6(4-2-5)14(11,12)13/h1-8H,9H2;1-4H,(H,11,12,13). The minimum absolute atomic E-state index is 0.564. The van der Waals surface area contributed by atoms with E-state index < -0.39 is 26.8 Å². The van der Waals surface area contributed by atoms with Crippen LogP contribution in [0.25, 0.3) is 11.1 Å². The third-order valence-corrected chi connectivity index (χ3v) is 5.05. The number of benzene rings is 3. The highest BCUT2D eigenvalue weighted by Crippen LogP contribution is 2.35. The maximum atomic E-state index is 12.0. The lowest BCUT2D eigenvalue weighted by Crippen LogP contribution is -2.05. The van der Waals surface area contributed by atoms with Gasteiger partial charge in [-0.05, 0) is 52.9 Å². The molecule has 0 unspecified atom stereocenters. The average molecular weight is 392 g/mol. The van der Waals surface area contributed by atoms with E-state index in [-0.39, 0.29) is 0 Å². The second-order valence-electron chi connectivity index (χ2n) is 5.99. The van der Waals surface area contributed by atoms with Crippen LogP contribution in [0, 0.1) is 0 Å². The zero-order valence-electron chi connectivity index (χ0n) is 13.9. The molecule has 0 amide bonds. The van der Waals surface area contributed by atoms with Crippen molar-refractivity contribution < 1.29 is 26.1 Å². The van der Waals surface area contributed by atoms with E-state index in [1.54, 1.807) is 0 Å². The van der Waals surface area contributed by atoms with Crippen LogP contribution in [0.1, 0.15) is 16.7 Å². The van der Waals surface area contributed by atoms with Gasteiger partial charge in [-0.25, -0.2) is 0 Å². The molecule has 0 saturated carbocycles. The molecule has 3 nitrogen and oxygen atoms in total. The monoisotopic (exact) mass is 392 g/mol. The Labute approximate surface area is 154 Å². The van der Waals surface area contributed by atoms with Gasteiger partial charge >= 0.3 is 6.18 Å². The topological polar surface area (TPSA) is 54.4 Å². The number of halogens is 3. The number of fused-ring (bicyclic) bond motifs is 3. The van der Waals surface area contributed by atoms with Gasteiger partial charge in [-0.1, -0.05) is 48.5 Å². The second-order valence-corrected chi connectivity index (χ2v) is 7.41. The lowest BCUT2D eigenvalue weighted by Gasteiger charge is -2.05. The minimum Gasteiger partial charge on any atom is -0.282 e. The van der Waals surface area contributed by atoms with Gasteiger partial charge in [0.05, 0.1) is 10.5 Å². The molecule has 1 N–H and O–H groups in total. The van der Waals surface area contributed by atoms with E-state index in [4.69, 9.17) is 4.55 Å². The van der Waals surface area contributed by atoms with E-state index in [0.717, 1.165) is 6.42 Å². The minimum atomic E-state index is -4.52. The van der Waals surface area contributed by atoms with Crippen LogP contribution in [0.3, 0.4) is 0 Å². The number of rotatable bonds is 1. The third kappa shape index (κ3) is 4.37. The smallest absolute Gasteiger partial charge is 0.282 e. The van der Waals surface area contributed by atoms with Crippen molar-refractivity contribution in [1.82, 2.24) is 0 Å². The summed E-state index contributed by atoms with van der Waals surface area (Å²) in [6, 6.07) is 19.9. The predicted octanol–water partition coefficient (Wildman–Crippen LogP) is 5.21. The molecule has 4 rings (SSSR count). The van der Waals surface area contributed by atoms with Crippen LogP contribution in [0.2, 0.25) is 0 Å². The molecule has 3 aromatic carbocycles. The summed E-state index contributed by atoms with van der Waals surface area (Å²) in [5, 5.41) is 0. The SMILES string of the molecule is O=S(=O)(O)c1ccc(C(F)(F)F)cc1.c1ccc2c(c1)Cc1ccccc1-2. The highest BCUT2D eigenvalue weighted by atomic mass is 32.2. The highest BCUT2D eigenvalue weighted by Gasteiger charge is 2.30. The Morgan fingerprint density at radius 1 is 0.741 bits per heavy atom. The fourth-order valence-electron chi connectivity index (χ4n) is 2.90. The van der Waals surface area contributed by atoms with Crippen LogP contribution in [-0.4, -0.2) is 13.0 Å². The van der Waals surface area contributed by atoms with Crippen molar-refractivity contribution in [1.29, 1.82) is 0 Å². The summed E-state index contributed by atoms with van der Waals surface area (Å²) in [4.78, 5) is -0.564. The Kier molecular flexibility index (Phi) is 5.08. The molecular formula is C20H15F3O3S. The van der Waals surface area contributed by atoms with E-state index >= 15 is 0 Å². The van der Waals surface area contributed by atoms with Crippen molar-refractivity contribution in [2.45, 2.75) is 17.5 Å². The largest absolute Gasteiger partial charge is 0.416 e. The first-order chi connectivity index (χ1) is 12.7. The maximum absolute atomic E-state index is 12.0. The van der Waals surface area contributed by atoms with Crippen LogP contribution in [0.4, 0.5) is 13.2 Å². The van der Waals surface area contributed by atoms with E-state index in [9.17, 15) is 21.6 Å². The first-order valence-electron chi connectivity index (χ1n) is 7.97. The van der Waals surface area contributed by atoms with Gasteiger partial charge < -0.3 is 0 Å². The Morgan fingerprint density at radius 3 is 1.59 bits per heavy atom. The molecule has 0 fully saturated rings. The van der Waals surface area contributed by atoms with Gasteiger partial charge in [0.25, 0.3) is 10.1 Å². The van der Waals surface area contributed by atoms with Crippen LogP contribution in [0.5, 0.6) is 0 Å². The zero-order valence-corrected chi connectivity index (χ0v) is 14.8. The fraction of sp³-hybridized carbons (Fsp3) is 0.100. The molecule has 3 aromatic rings. The molecule has 1 aliphatic rings. The van der Waals surface area contributed by atoms with Crippen molar-refractivity contribution in [3.8, 4) is 11.1 Å². The summed E-state index contributed by atoms with van der Waals surface area (Å²) in [5.41, 5.74) is 4.79. The summed E-state index contributed by atoms with van der Waals surface area (Å²) >= 11 is 0. The maximum Gasteiger partial charge on any atom is 0.416 e. The lowest BCUT2D eigenvalue weighted by atomic mass is 10.1. The molecule has 140 valence electrons. The van der Waals surface area contributed by atoms with Crippen molar-refractivity contribution in [2.75, 3.05) is 0 Å². The van der Waals surface area contributed by atoms with Crippen LogP contribution >= 0.6 is 0 Å². The van der Waals surface area contributed by atoms with E-state index in [2.05, 4.69) is 48.5 Å². The van der Waals surface area contributed by atoms with Gasteiger partial charge in [-0.2, -0.15) is 21.6 Å². The van der Waals surface area contributed by atoms with Crippen molar-refractivity contribution in [2.24, 2.45) is 0 Å². The van der Waals surface area contributed by atoms with E-state index in [1.165, 1.54) is 22.3 Å². The van der Waals surface area contributed by atoms with Crippen LogP contribution in [0.15, 0.2) is 77.7 Å². The van der Waals surface area contributed by atoms with Crippen LogP contribution < -0.4 is 0 Å². The Bertz CT molecular complexity index is 1010. The van der Waals surface area contributed by atoms with Crippen LogP contribution in [-0.2, 0) is 22.7 Å². The summed E-state index contributed by atoms with van der Waals surface area (Å²) < 4.78 is 65.4. The Morgan fingerprint density at radius 2 is 1.19 bits per heavy atom. The lowest BCUT2D eigenvalue weighted by molar-refractivity contribution is -0.137. The average Bonchev–Trinajstić information content (AvgIpc) is 3.00. The fourth-order valence-corrected chi connectivity index (χ4v) is 3.38. The summed E-state index contributed by atoms with van der Waals surface area (Å²) in [7, 11) is -4.43. The van der Waals surface area contributed by atoms with Gasteiger partial charge in [-0.3, -0.25) is 4.55 Å². The molecule has 0 bridgehead atoms. The molecule has 0 aliphatic heterocycles. The van der Waals surface area contributed by atoms with E-state index in [1.807, 2.05) is 0 Å². The van der Waals surface area contributed by atoms with E-state index in [0.29, 0.717) is 24.3 Å². The van der Waals surface area contributed by atoms with Gasteiger partial charge in [0.15, 0.2) is 0 Å². The number of hydrogen-bond acceptors (Lipinski definition) is 2. The molecule has 7 heteroatoms. The molecule has 0 heterocycles. The normalized spacial score (nSPS) is 12.6. The third-order valence-electron chi connectivity index (χ3n) is 4.19. The van der Waals surface area contributed by atoms with Gasteiger partial charge in [0, 0.05) is 0 Å². The highest BCUT2D eigenvalue weighted by molar-refractivity contribution is 7.85. The van der Waals surface area contributed by atoms with Gasteiger partial charge in [0.1, 0.15) is 0 Å². The predicted molar refractivity (Wildman–Crippen MR) is 95.9 cm³/mol. The quantitative estimate of drug-likeness (QED) is 0.453. The number of alkyl halides is 3. The second kappa shape index (κ2) is 7.17. The Balaban J connectivity index is 0.000000156. The molecule has 0 aromatic heterocycles. The van der Waals surface area contributed by atoms with Crippen molar-refractivity contribution in [3.63, 3.8) is 0 Å². The molecule has 0 radical (unpaired) electrons. The van der Waals surface area contributed by atoms with Crippen molar-refractivity contribution in [3.05, 3.63) is 89.5 Å². The summed E-state index contributed by atoms with van der Waals surface area (Å²) in [5.74, 6) is 0. The first kappa shape index (κ1) is 19.1. The summed E-state index contributed by atoms with van der Waals surface area (Å²) in [6.45, 7) is 0. The summed E-state index contributed by atoms with van der Waals surface area (Å²) in [6.07, 6.45) is -3.41. The number of hydrogen-bond donors (Lipinski definition) is 1. The zero-order chi connectivity index (χ0) is 19.7. The molecule has 0 saturated heterocycles. The molecular weight excluding hydrogens is 377 g/mol.